The van der Waals surface area contributed by atoms with E-state index >= 15 is 0 Å². The number of aryl methyl sites for hydroxylation is 1. The minimum Gasteiger partial charge on any atom is -0.350 e. The van der Waals surface area contributed by atoms with Crippen LogP contribution in [-0.4, -0.2) is 28.8 Å². The number of halogens is 1. The number of benzene rings is 1. The molecule has 1 aliphatic rings. The van der Waals surface area contributed by atoms with E-state index in [1.165, 1.54) is 5.56 Å². The summed E-state index contributed by atoms with van der Waals surface area (Å²) >= 11 is 0. The van der Waals surface area contributed by atoms with Crippen LogP contribution < -0.4 is 10.6 Å². The zero-order valence-corrected chi connectivity index (χ0v) is 14.1. The number of carbonyl (C=O) groups is 1. The molecule has 1 aromatic carbocycles. The fraction of sp³-hybridized carbons (Fsp3) is 0.412. The third-order valence-corrected chi connectivity index (χ3v) is 4.33. The Labute approximate surface area is 142 Å². The van der Waals surface area contributed by atoms with E-state index in [4.69, 9.17) is 0 Å². The molecule has 1 aromatic heterocycles. The molecule has 0 saturated carbocycles. The monoisotopic (exact) mass is 334 g/mol. The molecule has 1 amide bonds. The van der Waals surface area contributed by atoms with Crippen LogP contribution in [0.3, 0.4) is 0 Å². The Morgan fingerprint density at radius 2 is 2.13 bits per heavy atom. The van der Waals surface area contributed by atoms with Crippen molar-refractivity contribution in [3.05, 3.63) is 53.9 Å². The Morgan fingerprint density at radius 1 is 1.35 bits per heavy atom. The van der Waals surface area contributed by atoms with E-state index in [0.29, 0.717) is 6.54 Å². The largest absolute Gasteiger partial charge is 0.350 e. The van der Waals surface area contributed by atoms with Gasteiger partial charge in [-0.15, -0.1) is 12.4 Å². The van der Waals surface area contributed by atoms with Crippen molar-refractivity contribution in [2.24, 2.45) is 0 Å². The molecule has 0 unspecified atom stereocenters. The summed E-state index contributed by atoms with van der Waals surface area (Å²) < 4.78 is 1.82. The van der Waals surface area contributed by atoms with Crippen LogP contribution in [0, 0.1) is 6.92 Å². The van der Waals surface area contributed by atoms with Gasteiger partial charge in [0.1, 0.15) is 5.54 Å². The van der Waals surface area contributed by atoms with Crippen molar-refractivity contribution >= 4 is 18.3 Å². The molecule has 23 heavy (non-hydrogen) atoms. The summed E-state index contributed by atoms with van der Waals surface area (Å²) in [6.45, 7) is 4.27. The normalized spacial score (nSPS) is 16.4. The van der Waals surface area contributed by atoms with Crippen LogP contribution >= 0.6 is 12.4 Å². The highest BCUT2D eigenvalue weighted by Crippen LogP contribution is 2.27. The molecule has 3 rings (SSSR count). The molecule has 6 heteroatoms. The first kappa shape index (κ1) is 17.5. The average Bonchev–Trinajstić information content (AvgIpc) is 3.08. The Morgan fingerprint density at radius 3 is 2.78 bits per heavy atom. The molecular formula is C17H23ClN4O. The summed E-state index contributed by atoms with van der Waals surface area (Å²) in [5.74, 6) is 0.0548. The molecule has 124 valence electrons. The number of rotatable bonds is 4. The topological polar surface area (TPSA) is 59.0 Å². The lowest BCUT2D eigenvalue weighted by Gasteiger charge is -2.36. The highest BCUT2D eigenvalue weighted by molar-refractivity contribution is 5.85. The van der Waals surface area contributed by atoms with Gasteiger partial charge in [-0.05, 0) is 44.5 Å². The summed E-state index contributed by atoms with van der Waals surface area (Å²) in [5.41, 5.74) is 1.76. The quantitative estimate of drug-likeness (QED) is 0.899. The Balaban J connectivity index is 0.00000192. The van der Waals surface area contributed by atoms with Gasteiger partial charge in [0.05, 0.1) is 0 Å². The van der Waals surface area contributed by atoms with E-state index in [2.05, 4.69) is 34.8 Å². The van der Waals surface area contributed by atoms with Crippen molar-refractivity contribution in [2.75, 3.05) is 13.1 Å². The van der Waals surface area contributed by atoms with Gasteiger partial charge >= 0.3 is 0 Å². The van der Waals surface area contributed by atoms with Gasteiger partial charge in [-0.3, -0.25) is 9.48 Å². The van der Waals surface area contributed by atoms with E-state index < -0.39 is 5.54 Å². The van der Waals surface area contributed by atoms with Crippen LogP contribution in [0.1, 0.15) is 24.0 Å². The van der Waals surface area contributed by atoms with Gasteiger partial charge in [0.15, 0.2) is 0 Å². The Kier molecular flexibility index (Phi) is 5.80. The summed E-state index contributed by atoms with van der Waals surface area (Å²) in [6, 6.07) is 10.1. The molecule has 0 aliphatic carbocycles. The molecule has 2 N–H and O–H groups in total. The number of amides is 1. The molecule has 0 bridgehead atoms. The van der Waals surface area contributed by atoms with Gasteiger partial charge in [0.25, 0.3) is 0 Å². The van der Waals surface area contributed by atoms with Crippen molar-refractivity contribution in [1.82, 2.24) is 20.4 Å². The SMILES string of the molecule is Cc1cccc(CNC(=O)C2(n3cccn3)CCNCC2)c1.Cl. The first-order valence-electron chi connectivity index (χ1n) is 7.75. The fourth-order valence-electron chi connectivity index (χ4n) is 3.09. The molecule has 1 fully saturated rings. The molecule has 5 nitrogen and oxygen atoms in total. The summed E-state index contributed by atoms with van der Waals surface area (Å²) in [6.07, 6.45) is 5.14. The van der Waals surface area contributed by atoms with Crippen LogP contribution in [-0.2, 0) is 16.9 Å². The zero-order valence-electron chi connectivity index (χ0n) is 13.3. The molecule has 2 aromatic rings. The van der Waals surface area contributed by atoms with Crippen molar-refractivity contribution in [3.63, 3.8) is 0 Å². The van der Waals surface area contributed by atoms with Gasteiger partial charge in [0, 0.05) is 18.9 Å². The molecule has 0 radical (unpaired) electrons. The summed E-state index contributed by atoms with van der Waals surface area (Å²) in [5, 5.41) is 10.7. The first-order chi connectivity index (χ1) is 10.7. The van der Waals surface area contributed by atoms with Gasteiger partial charge in [-0.1, -0.05) is 29.8 Å². The Hall–Kier alpha value is -1.85. The molecule has 0 spiro atoms. The van der Waals surface area contributed by atoms with Crippen molar-refractivity contribution in [2.45, 2.75) is 31.8 Å². The fourth-order valence-corrected chi connectivity index (χ4v) is 3.09. The molecule has 1 saturated heterocycles. The second-order valence-corrected chi connectivity index (χ2v) is 5.90. The standard InChI is InChI=1S/C17H22N4O.ClH/c1-14-4-2-5-15(12-14)13-19-16(22)17(6-9-18-10-7-17)21-11-3-8-20-21;/h2-5,8,11-12,18H,6-7,9-10,13H2,1H3,(H,19,22);1H. The second kappa shape index (κ2) is 7.62. The third kappa shape index (κ3) is 3.74. The number of aromatic nitrogens is 2. The van der Waals surface area contributed by atoms with Gasteiger partial charge in [-0.25, -0.2) is 0 Å². The number of hydrogen-bond acceptors (Lipinski definition) is 3. The van der Waals surface area contributed by atoms with E-state index in [9.17, 15) is 4.79 Å². The smallest absolute Gasteiger partial charge is 0.248 e. The van der Waals surface area contributed by atoms with E-state index in [1.54, 1.807) is 6.20 Å². The maximum Gasteiger partial charge on any atom is 0.248 e. The minimum atomic E-state index is -0.571. The van der Waals surface area contributed by atoms with Crippen LogP contribution in [0.5, 0.6) is 0 Å². The lowest BCUT2D eigenvalue weighted by Crippen LogP contribution is -2.54. The minimum absolute atomic E-state index is 0. The van der Waals surface area contributed by atoms with Crippen LogP contribution in [0.2, 0.25) is 0 Å². The highest BCUT2D eigenvalue weighted by atomic mass is 35.5. The van der Waals surface area contributed by atoms with Gasteiger partial charge in [0.2, 0.25) is 5.91 Å². The molecule has 2 heterocycles. The van der Waals surface area contributed by atoms with Crippen molar-refractivity contribution in [1.29, 1.82) is 0 Å². The number of nitrogens with zero attached hydrogens (tertiary/aromatic N) is 2. The van der Waals surface area contributed by atoms with E-state index in [-0.39, 0.29) is 18.3 Å². The lowest BCUT2D eigenvalue weighted by atomic mass is 9.87. The van der Waals surface area contributed by atoms with E-state index in [1.807, 2.05) is 29.1 Å². The summed E-state index contributed by atoms with van der Waals surface area (Å²) in [7, 11) is 0. The van der Waals surface area contributed by atoms with Crippen LogP contribution in [0.25, 0.3) is 0 Å². The Bertz CT molecular complexity index is 636. The van der Waals surface area contributed by atoms with Gasteiger partial charge < -0.3 is 10.6 Å². The average molecular weight is 335 g/mol. The predicted octanol–water partition coefficient (Wildman–Crippen LogP) is 2.01. The van der Waals surface area contributed by atoms with Crippen LogP contribution in [0.4, 0.5) is 0 Å². The number of nitrogens with one attached hydrogen (secondary N) is 2. The summed E-state index contributed by atoms with van der Waals surface area (Å²) in [4.78, 5) is 12.9. The van der Waals surface area contributed by atoms with Crippen LogP contribution in [0.15, 0.2) is 42.7 Å². The number of hydrogen-bond donors (Lipinski definition) is 2. The molecular weight excluding hydrogens is 312 g/mol. The predicted molar refractivity (Wildman–Crippen MR) is 92.6 cm³/mol. The zero-order chi connectivity index (χ0) is 15.4. The first-order valence-corrected chi connectivity index (χ1v) is 7.75. The molecule has 1 aliphatic heterocycles. The molecule has 0 atom stereocenters. The third-order valence-electron chi connectivity index (χ3n) is 4.33. The maximum atomic E-state index is 12.9. The second-order valence-electron chi connectivity index (χ2n) is 5.90. The maximum absolute atomic E-state index is 12.9. The highest BCUT2D eigenvalue weighted by Gasteiger charge is 2.41. The van der Waals surface area contributed by atoms with E-state index in [0.717, 1.165) is 31.5 Å². The lowest BCUT2D eigenvalue weighted by molar-refractivity contribution is -0.132. The van der Waals surface area contributed by atoms with Crippen molar-refractivity contribution < 1.29 is 4.79 Å². The van der Waals surface area contributed by atoms with Crippen molar-refractivity contribution in [3.8, 4) is 0 Å². The number of piperidine rings is 1. The number of carbonyl (C=O) groups excluding carboxylic acids is 1. The van der Waals surface area contributed by atoms with Gasteiger partial charge in [-0.2, -0.15) is 5.10 Å².